The zero-order valence-corrected chi connectivity index (χ0v) is 15.1. The van der Waals surface area contributed by atoms with Crippen LogP contribution in [0.15, 0.2) is 33.5 Å². The van der Waals surface area contributed by atoms with Gasteiger partial charge < -0.3 is 14.2 Å². The minimum Gasteiger partial charge on any atom is -0.496 e. The van der Waals surface area contributed by atoms with Crippen molar-refractivity contribution in [1.29, 1.82) is 0 Å². The third-order valence-corrected chi connectivity index (χ3v) is 4.50. The monoisotopic (exact) mass is 359 g/mol. The van der Waals surface area contributed by atoms with Crippen molar-refractivity contribution in [2.24, 2.45) is 5.10 Å². The summed E-state index contributed by atoms with van der Waals surface area (Å²) in [5.41, 5.74) is 0.383. The van der Waals surface area contributed by atoms with Gasteiger partial charge in [-0.1, -0.05) is 0 Å². The lowest BCUT2D eigenvalue weighted by Crippen LogP contribution is -2.19. The van der Waals surface area contributed by atoms with Crippen LogP contribution in [0.4, 0.5) is 0 Å². The zero-order chi connectivity index (χ0) is 18.0. The van der Waals surface area contributed by atoms with Gasteiger partial charge in [0.15, 0.2) is 0 Å². The second-order valence-electron chi connectivity index (χ2n) is 5.11. The van der Waals surface area contributed by atoms with Crippen molar-refractivity contribution in [2.75, 3.05) is 21.3 Å². The van der Waals surface area contributed by atoms with Gasteiger partial charge in [0, 0.05) is 12.1 Å². The van der Waals surface area contributed by atoms with Crippen LogP contribution in [-0.4, -0.2) is 37.2 Å². The highest BCUT2D eigenvalue weighted by molar-refractivity contribution is 7.16. The van der Waals surface area contributed by atoms with Crippen LogP contribution in [0.25, 0.3) is 10.2 Å². The molecule has 0 bridgehead atoms. The number of nitrogens with zero attached hydrogens (tertiary/aromatic N) is 3. The van der Waals surface area contributed by atoms with Gasteiger partial charge in [-0.2, -0.15) is 9.78 Å². The van der Waals surface area contributed by atoms with Gasteiger partial charge in [-0.15, -0.1) is 11.3 Å². The molecule has 3 rings (SSSR count). The molecule has 0 aliphatic rings. The number of hydrogen-bond donors (Lipinski definition) is 0. The van der Waals surface area contributed by atoms with Crippen molar-refractivity contribution in [3.05, 3.63) is 45.3 Å². The summed E-state index contributed by atoms with van der Waals surface area (Å²) in [5.74, 6) is 2.15. The molecule has 0 N–H and O–H groups in total. The predicted molar refractivity (Wildman–Crippen MR) is 97.7 cm³/mol. The van der Waals surface area contributed by atoms with E-state index in [0.717, 1.165) is 0 Å². The Kier molecular flexibility index (Phi) is 4.71. The highest BCUT2D eigenvalue weighted by atomic mass is 32.1. The molecule has 0 atom stereocenters. The molecule has 0 saturated heterocycles. The quantitative estimate of drug-likeness (QED) is 0.655. The standard InChI is InChI=1S/C17H17N3O4S/c1-10-19-16-12(5-6-25-16)17(21)20(10)18-9-13-14(23-3)7-11(22-2)8-15(13)24-4/h5-9H,1-4H3. The molecule has 2 heterocycles. The smallest absolute Gasteiger partial charge is 0.282 e. The molecule has 1 aromatic carbocycles. The van der Waals surface area contributed by atoms with E-state index in [1.807, 2.05) is 5.38 Å². The number of methoxy groups -OCH3 is 3. The fraction of sp³-hybridized carbons (Fsp3) is 0.235. The molecule has 0 aliphatic heterocycles. The summed E-state index contributed by atoms with van der Waals surface area (Å²) < 4.78 is 17.3. The van der Waals surface area contributed by atoms with E-state index in [4.69, 9.17) is 14.2 Å². The zero-order valence-electron chi connectivity index (χ0n) is 14.3. The van der Waals surface area contributed by atoms with Crippen molar-refractivity contribution >= 4 is 27.8 Å². The summed E-state index contributed by atoms with van der Waals surface area (Å²) in [4.78, 5) is 17.7. The average Bonchev–Trinajstić information content (AvgIpc) is 3.09. The first-order valence-corrected chi connectivity index (χ1v) is 8.28. The number of aromatic nitrogens is 2. The van der Waals surface area contributed by atoms with Gasteiger partial charge in [0.25, 0.3) is 5.56 Å². The Hall–Kier alpha value is -2.87. The minimum atomic E-state index is -0.216. The maximum Gasteiger partial charge on any atom is 0.282 e. The third kappa shape index (κ3) is 3.08. The SMILES string of the molecule is COc1cc(OC)c(C=Nn2c(C)nc3sccc3c2=O)c(OC)c1. The van der Waals surface area contributed by atoms with Gasteiger partial charge in [0.2, 0.25) is 0 Å². The van der Waals surface area contributed by atoms with E-state index < -0.39 is 0 Å². The molecule has 0 unspecified atom stereocenters. The highest BCUT2D eigenvalue weighted by Crippen LogP contribution is 2.32. The number of fused-ring (bicyclic) bond motifs is 1. The van der Waals surface area contributed by atoms with Crippen LogP contribution in [0.1, 0.15) is 11.4 Å². The molecular formula is C17H17N3O4S. The number of hydrogen-bond acceptors (Lipinski definition) is 7. The Labute approximate surface area is 148 Å². The van der Waals surface area contributed by atoms with Crippen LogP contribution >= 0.6 is 11.3 Å². The predicted octanol–water partition coefficient (Wildman–Crippen LogP) is 2.67. The number of thiophene rings is 1. The number of ether oxygens (including phenoxy) is 3. The van der Waals surface area contributed by atoms with E-state index in [-0.39, 0.29) is 5.56 Å². The summed E-state index contributed by atoms with van der Waals surface area (Å²) in [7, 11) is 4.65. The van der Waals surface area contributed by atoms with Crippen molar-refractivity contribution < 1.29 is 14.2 Å². The van der Waals surface area contributed by atoms with E-state index >= 15 is 0 Å². The van der Waals surface area contributed by atoms with Crippen LogP contribution < -0.4 is 19.8 Å². The average molecular weight is 359 g/mol. The van der Waals surface area contributed by atoms with Gasteiger partial charge >= 0.3 is 0 Å². The van der Waals surface area contributed by atoms with Gasteiger partial charge in [-0.25, -0.2) is 4.98 Å². The maximum atomic E-state index is 12.6. The van der Waals surface area contributed by atoms with E-state index in [2.05, 4.69) is 10.1 Å². The van der Waals surface area contributed by atoms with E-state index in [0.29, 0.717) is 38.9 Å². The summed E-state index contributed by atoms with van der Waals surface area (Å²) in [5, 5.41) is 6.68. The maximum absolute atomic E-state index is 12.6. The van der Waals surface area contributed by atoms with Crippen molar-refractivity contribution in [3.63, 3.8) is 0 Å². The van der Waals surface area contributed by atoms with Crippen LogP contribution in [0, 0.1) is 6.92 Å². The normalized spacial score (nSPS) is 11.2. The lowest BCUT2D eigenvalue weighted by atomic mass is 10.2. The molecule has 0 saturated carbocycles. The van der Waals surface area contributed by atoms with Crippen LogP contribution in [0.2, 0.25) is 0 Å². The molecule has 2 aromatic heterocycles. The van der Waals surface area contributed by atoms with Crippen LogP contribution in [0.5, 0.6) is 17.2 Å². The topological polar surface area (TPSA) is 74.9 Å². The van der Waals surface area contributed by atoms with Crippen LogP contribution in [0.3, 0.4) is 0 Å². The minimum absolute atomic E-state index is 0.216. The van der Waals surface area contributed by atoms with Gasteiger partial charge in [-0.05, 0) is 18.4 Å². The number of benzene rings is 1. The number of aryl methyl sites for hydroxylation is 1. The van der Waals surface area contributed by atoms with Gasteiger partial charge in [0.05, 0.1) is 38.5 Å². The van der Waals surface area contributed by atoms with Crippen molar-refractivity contribution in [3.8, 4) is 17.2 Å². The van der Waals surface area contributed by atoms with Crippen molar-refractivity contribution in [2.45, 2.75) is 6.92 Å². The van der Waals surface area contributed by atoms with Crippen molar-refractivity contribution in [1.82, 2.24) is 9.66 Å². The molecule has 0 aliphatic carbocycles. The highest BCUT2D eigenvalue weighted by Gasteiger charge is 2.13. The summed E-state index contributed by atoms with van der Waals surface area (Å²) in [6, 6.07) is 5.19. The number of rotatable bonds is 5. The summed E-state index contributed by atoms with van der Waals surface area (Å²) in [6.45, 7) is 1.74. The second kappa shape index (κ2) is 6.94. The Bertz CT molecular complexity index is 982. The third-order valence-electron chi connectivity index (χ3n) is 3.69. The molecule has 130 valence electrons. The first-order chi connectivity index (χ1) is 12.1. The van der Waals surface area contributed by atoms with E-state index in [1.165, 1.54) is 22.2 Å². The molecule has 3 aromatic rings. The molecule has 8 heteroatoms. The Morgan fingerprint density at radius 3 is 2.44 bits per heavy atom. The Morgan fingerprint density at radius 1 is 1.16 bits per heavy atom. The lowest BCUT2D eigenvalue weighted by molar-refractivity contribution is 0.374. The molecule has 0 radical (unpaired) electrons. The molecule has 25 heavy (non-hydrogen) atoms. The summed E-state index contributed by atoms with van der Waals surface area (Å²) in [6.07, 6.45) is 1.52. The molecule has 7 nitrogen and oxygen atoms in total. The fourth-order valence-corrected chi connectivity index (χ4v) is 3.22. The first kappa shape index (κ1) is 17.0. The molecule has 0 spiro atoms. The second-order valence-corrected chi connectivity index (χ2v) is 6.00. The fourth-order valence-electron chi connectivity index (χ4n) is 2.42. The van der Waals surface area contributed by atoms with Gasteiger partial charge in [0.1, 0.15) is 27.9 Å². The van der Waals surface area contributed by atoms with E-state index in [1.54, 1.807) is 46.5 Å². The Morgan fingerprint density at radius 2 is 1.84 bits per heavy atom. The first-order valence-electron chi connectivity index (χ1n) is 7.40. The molecular weight excluding hydrogens is 342 g/mol. The van der Waals surface area contributed by atoms with Crippen LogP contribution in [-0.2, 0) is 0 Å². The lowest BCUT2D eigenvalue weighted by Gasteiger charge is -2.12. The Balaban J connectivity index is 2.13. The molecule has 0 amide bonds. The summed E-state index contributed by atoms with van der Waals surface area (Å²) >= 11 is 1.42. The largest absolute Gasteiger partial charge is 0.496 e. The van der Waals surface area contributed by atoms with Gasteiger partial charge in [-0.3, -0.25) is 4.79 Å². The van der Waals surface area contributed by atoms with E-state index in [9.17, 15) is 4.79 Å². The molecule has 0 fully saturated rings.